The topological polar surface area (TPSA) is 51.1 Å². The van der Waals surface area contributed by atoms with Crippen molar-refractivity contribution in [2.45, 2.75) is 37.3 Å². The van der Waals surface area contributed by atoms with E-state index in [4.69, 9.17) is 0 Å². The molecule has 0 bridgehead atoms. The van der Waals surface area contributed by atoms with Crippen molar-refractivity contribution in [3.8, 4) is 0 Å². The van der Waals surface area contributed by atoms with Gasteiger partial charge in [-0.1, -0.05) is 12.2 Å². The van der Waals surface area contributed by atoms with Crippen LogP contribution in [0.3, 0.4) is 0 Å². The Labute approximate surface area is 144 Å². The van der Waals surface area contributed by atoms with Crippen LogP contribution in [-0.2, 0) is 0 Å². The minimum absolute atomic E-state index is 0. The number of hydrogen-bond acceptors (Lipinski definition) is 3. The van der Waals surface area contributed by atoms with Crippen LogP contribution < -0.4 is 5.32 Å². The Balaban J connectivity index is 0.00000161. The van der Waals surface area contributed by atoms with Crippen LogP contribution in [-0.4, -0.2) is 72.3 Å². The van der Waals surface area contributed by atoms with E-state index in [-0.39, 0.29) is 24.0 Å². The quantitative estimate of drug-likeness (QED) is 0.318. The number of nitrogens with one attached hydrogen (secondary N) is 1. The molecule has 2 heterocycles. The monoisotopic (exact) mass is 406 g/mol. The van der Waals surface area contributed by atoms with Crippen molar-refractivity contribution < 1.29 is 5.11 Å². The Morgan fingerprint density at radius 3 is 2.67 bits per heavy atom. The Hall–Kier alpha value is -0.340. The molecule has 2 N–H and O–H groups in total. The number of guanidine groups is 1. The van der Waals surface area contributed by atoms with E-state index < -0.39 is 5.60 Å². The molecular weight excluding hydrogens is 379 g/mol. The molecule has 5 nitrogen and oxygen atoms in total. The van der Waals surface area contributed by atoms with Gasteiger partial charge in [-0.3, -0.25) is 9.89 Å². The Kier molecular flexibility index (Phi) is 5.90. The number of aliphatic hydroxyl groups is 1. The molecule has 1 saturated carbocycles. The Morgan fingerprint density at radius 2 is 2.10 bits per heavy atom. The lowest BCUT2D eigenvalue weighted by molar-refractivity contribution is -0.0282. The first-order chi connectivity index (χ1) is 9.70. The average Bonchev–Trinajstić information content (AvgIpc) is 3.08. The number of aliphatic imine (C=N–C) groups is 1. The van der Waals surface area contributed by atoms with Gasteiger partial charge in [0.1, 0.15) is 0 Å². The van der Waals surface area contributed by atoms with Crippen molar-refractivity contribution in [3.63, 3.8) is 0 Å². The van der Waals surface area contributed by atoms with E-state index in [0.717, 1.165) is 51.4 Å². The van der Waals surface area contributed by atoms with Gasteiger partial charge in [-0.25, -0.2) is 0 Å². The van der Waals surface area contributed by atoms with Crippen molar-refractivity contribution in [2.24, 2.45) is 4.99 Å². The Morgan fingerprint density at radius 1 is 1.38 bits per heavy atom. The van der Waals surface area contributed by atoms with Gasteiger partial charge in [0.25, 0.3) is 0 Å². The fraction of sp³-hybridized carbons (Fsp3) is 0.800. The summed E-state index contributed by atoms with van der Waals surface area (Å²) in [6, 6.07) is 0.635. The molecule has 1 atom stereocenters. The van der Waals surface area contributed by atoms with Crippen molar-refractivity contribution in [2.75, 3.05) is 39.8 Å². The van der Waals surface area contributed by atoms with E-state index in [1.165, 1.54) is 6.42 Å². The van der Waals surface area contributed by atoms with Crippen molar-refractivity contribution in [1.29, 1.82) is 0 Å². The molecule has 21 heavy (non-hydrogen) atoms. The van der Waals surface area contributed by atoms with Crippen molar-refractivity contribution in [3.05, 3.63) is 12.2 Å². The highest BCUT2D eigenvalue weighted by atomic mass is 127. The third-order valence-corrected chi connectivity index (χ3v) is 4.90. The molecule has 3 rings (SSSR count). The van der Waals surface area contributed by atoms with Crippen molar-refractivity contribution in [1.82, 2.24) is 15.1 Å². The van der Waals surface area contributed by atoms with E-state index in [0.29, 0.717) is 12.6 Å². The van der Waals surface area contributed by atoms with E-state index in [2.05, 4.69) is 32.3 Å². The van der Waals surface area contributed by atoms with E-state index in [1.807, 2.05) is 7.05 Å². The molecule has 0 radical (unpaired) electrons. The average molecular weight is 406 g/mol. The minimum Gasteiger partial charge on any atom is -0.388 e. The van der Waals surface area contributed by atoms with Crippen LogP contribution in [0.4, 0.5) is 0 Å². The summed E-state index contributed by atoms with van der Waals surface area (Å²) < 4.78 is 0. The second kappa shape index (κ2) is 7.28. The van der Waals surface area contributed by atoms with Gasteiger partial charge in [-0.2, -0.15) is 0 Å². The third-order valence-electron chi connectivity index (χ3n) is 4.90. The number of rotatable bonds is 3. The highest BCUT2D eigenvalue weighted by molar-refractivity contribution is 14.0. The molecule has 1 aliphatic carbocycles. The van der Waals surface area contributed by atoms with Crippen LogP contribution >= 0.6 is 24.0 Å². The largest absolute Gasteiger partial charge is 0.388 e. The number of nitrogens with zero attached hydrogens (tertiary/aromatic N) is 3. The van der Waals surface area contributed by atoms with Gasteiger partial charge in [0.15, 0.2) is 5.96 Å². The van der Waals surface area contributed by atoms with Crippen LogP contribution in [0.15, 0.2) is 17.1 Å². The van der Waals surface area contributed by atoms with Crippen LogP contribution in [0.2, 0.25) is 0 Å². The smallest absolute Gasteiger partial charge is 0.193 e. The zero-order valence-corrected chi connectivity index (χ0v) is 15.1. The molecule has 0 aromatic heterocycles. The molecule has 0 amide bonds. The summed E-state index contributed by atoms with van der Waals surface area (Å²) >= 11 is 0. The van der Waals surface area contributed by atoms with Crippen LogP contribution in [0.1, 0.15) is 25.7 Å². The summed E-state index contributed by atoms with van der Waals surface area (Å²) in [4.78, 5) is 9.22. The second-order valence-electron chi connectivity index (χ2n) is 6.29. The predicted octanol–water partition coefficient (Wildman–Crippen LogP) is 1.04. The summed E-state index contributed by atoms with van der Waals surface area (Å²) in [5.41, 5.74) is -0.492. The molecule has 0 aromatic carbocycles. The van der Waals surface area contributed by atoms with Gasteiger partial charge >= 0.3 is 0 Å². The van der Waals surface area contributed by atoms with Crippen molar-refractivity contribution >= 4 is 29.9 Å². The molecule has 6 heteroatoms. The van der Waals surface area contributed by atoms with Gasteiger partial charge in [0.2, 0.25) is 0 Å². The fourth-order valence-electron chi connectivity index (χ4n) is 3.36. The minimum atomic E-state index is -0.492. The van der Waals surface area contributed by atoms with E-state index in [9.17, 15) is 5.11 Å². The van der Waals surface area contributed by atoms with Gasteiger partial charge < -0.3 is 15.3 Å². The normalized spacial score (nSPS) is 28.4. The lowest BCUT2D eigenvalue weighted by Gasteiger charge is -2.37. The zero-order valence-electron chi connectivity index (χ0n) is 12.8. The van der Waals surface area contributed by atoms with Gasteiger partial charge in [-0.05, 0) is 25.7 Å². The molecule has 2 aliphatic heterocycles. The zero-order chi connectivity index (χ0) is 14.0. The summed E-state index contributed by atoms with van der Waals surface area (Å²) in [6.07, 6.45) is 8.68. The molecular formula is C15H27IN4O. The first kappa shape index (κ1) is 17.0. The Bertz CT molecular complexity index is 400. The van der Waals surface area contributed by atoms with E-state index >= 15 is 0 Å². The van der Waals surface area contributed by atoms with E-state index in [1.54, 1.807) is 0 Å². The summed E-state index contributed by atoms with van der Waals surface area (Å²) in [7, 11) is 1.83. The standard InChI is InChI=1S/C15H26N4O.HI/c1-16-14(17-12-15(20)6-4-7-15)19-10-5-13(11-19)18-8-2-3-9-18;/h2-3,13,20H,4-12H2,1H3,(H,16,17);1H. The maximum atomic E-state index is 10.2. The van der Waals surface area contributed by atoms with Gasteiger partial charge in [0, 0.05) is 45.8 Å². The summed E-state index contributed by atoms with van der Waals surface area (Å²) in [5.74, 6) is 0.944. The highest BCUT2D eigenvalue weighted by Gasteiger charge is 2.35. The molecule has 3 aliphatic rings. The lowest BCUT2D eigenvalue weighted by atomic mass is 9.80. The number of halogens is 1. The predicted molar refractivity (Wildman–Crippen MR) is 96.3 cm³/mol. The first-order valence-electron chi connectivity index (χ1n) is 7.77. The SMILES string of the molecule is CN=C(NCC1(O)CCC1)N1CCC(N2CC=CC2)C1.I. The second-order valence-corrected chi connectivity index (χ2v) is 6.29. The van der Waals surface area contributed by atoms with Crippen LogP contribution in [0, 0.1) is 0 Å². The first-order valence-corrected chi connectivity index (χ1v) is 7.77. The van der Waals surface area contributed by atoms with Gasteiger partial charge in [-0.15, -0.1) is 24.0 Å². The van der Waals surface area contributed by atoms with Crippen LogP contribution in [0.5, 0.6) is 0 Å². The third kappa shape index (κ3) is 3.90. The molecule has 1 saturated heterocycles. The highest BCUT2D eigenvalue weighted by Crippen LogP contribution is 2.30. The molecule has 2 fully saturated rings. The molecule has 120 valence electrons. The molecule has 1 unspecified atom stereocenters. The summed E-state index contributed by atoms with van der Waals surface area (Å²) in [5, 5.41) is 13.5. The number of likely N-dealkylation sites (tertiary alicyclic amines) is 1. The fourth-order valence-corrected chi connectivity index (χ4v) is 3.36. The van der Waals surface area contributed by atoms with Gasteiger partial charge in [0.05, 0.1) is 5.60 Å². The maximum absolute atomic E-state index is 10.2. The molecule has 0 aromatic rings. The summed E-state index contributed by atoms with van der Waals surface area (Å²) in [6.45, 7) is 4.90. The number of hydrogen-bond donors (Lipinski definition) is 2. The maximum Gasteiger partial charge on any atom is 0.193 e. The van der Waals surface area contributed by atoms with Crippen LogP contribution in [0.25, 0.3) is 0 Å². The molecule has 0 spiro atoms. The lowest BCUT2D eigenvalue weighted by Crippen LogP contribution is -2.51.